The van der Waals surface area contributed by atoms with E-state index in [0.717, 1.165) is 77.0 Å². The van der Waals surface area contributed by atoms with Crippen LogP contribution in [0.25, 0.3) is 0 Å². The summed E-state index contributed by atoms with van der Waals surface area (Å²) in [6, 6.07) is 0. The molecule has 4 N–H and O–H groups in total. The maximum absolute atomic E-state index is 11.7. The second-order valence-electron chi connectivity index (χ2n) is 14.6. The number of unbranched alkanes of at least 4 members (excludes halogenated alkanes) is 10. The second kappa shape index (κ2) is 22.0. The molecule has 0 saturated carbocycles. The molecule has 8 heteroatoms. The minimum absolute atomic E-state index is 0.0117. The van der Waals surface area contributed by atoms with Gasteiger partial charge in [-0.1, -0.05) is 84.0 Å². The van der Waals surface area contributed by atoms with Crippen molar-refractivity contribution in [3.63, 3.8) is 0 Å². The molecular formula is C37H68O8. The summed E-state index contributed by atoms with van der Waals surface area (Å²) in [7, 11) is 0. The highest BCUT2D eigenvalue weighted by atomic mass is 16.6. The molecule has 10 atom stereocenters. The fraction of sp³-hybridized carbons (Fsp3) is 0.973. The van der Waals surface area contributed by atoms with Crippen LogP contribution in [0.15, 0.2) is 0 Å². The predicted octanol–water partition coefficient (Wildman–Crippen LogP) is 6.91. The largest absolute Gasteiger partial charge is 0.462 e. The number of rotatable bonds is 25. The predicted molar refractivity (Wildman–Crippen MR) is 177 cm³/mol. The summed E-state index contributed by atoms with van der Waals surface area (Å²) in [5.41, 5.74) is 0. The van der Waals surface area contributed by atoms with Crippen molar-refractivity contribution in [1.29, 1.82) is 0 Å². The molecule has 0 spiro atoms. The maximum Gasteiger partial charge on any atom is 0.309 e. The van der Waals surface area contributed by atoms with E-state index in [0.29, 0.717) is 25.7 Å². The van der Waals surface area contributed by atoms with Gasteiger partial charge < -0.3 is 34.6 Å². The van der Waals surface area contributed by atoms with Gasteiger partial charge in [0.05, 0.1) is 60.9 Å². The lowest BCUT2D eigenvalue weighted by molar-refractivity contribution is -0.143. The molecule has 0 amide bonds. The van der Waals surface area contributed by atoms with Crippen molar-refractivity contribution < 1.29 is 39.4 Å². The average molecular weight is 641 g/mol. The third kappa shape index (κ3) is 14.9. The van der Waals surface area contributed by atoms with Gasteiger partial charge in [0.2, 0.25) is 0 Å². The van der Waals surface area contributed by atoms with Crippen LogP contribution in [0, 0.1) is 5.92 Å². The molecule has 3 fully saturated rings. The molecule has 3 heterocycles. The van der Waals surface area contributed by atoms with E-state index in [-0.39, 0.29) is 48.5 Å². The molecule has 3 saturated heterocycles. The van der Waals surface area contributed by atoms with Crippen molar-refractivity contribution in [3.05, 3.63) is 0 Å². The summed E-state index contributed by atoms with van der Waals surface area (Å²) in [4.78, 5) is 11.7. The minimum Gasteiger partial charge on any atom is -0.462 e. The van der Waals surface area contributed by atoms with Gasteiger partial charge in [0.15, 0.2) is 0 Å². The monoisotopic (exact) mass is 640 g/mol. The van der Waals surface area contributed by atoms with Crippen molar-refractivity contribution >= 4 is 5.97 Å². The first-order valence-corrected chi connectivity index (χ1v) is 19.0. The van der Waals surface area contributed by atoms with Crippen LogP contribution >= 0.6 is 0 Å². The van der Waals surface area contributed by atoms with Crippen LogP contribution in [0.5, 0.6) is 0 Å². The molecule has 264 valence electrons. The van der Waals surface area contributed by atoms with Gasteiger partial charge in [-0.15, -0.1) is 0 Å². The topological polar surface area (TPSA) is 126 Å². The quantitative estimate of drug-likeness (QED) is 0.0627. The van der Waals surface area contributed by atoms with Crippen LogP contribution < -0.4 is 0 Å². The first-order chi connectivity index (χ1) is 21.8. The van der Waals surface area contributed by atoms with Gasteiger partial charge >= 0.3 is 5.97 Å². The fourth-order valence-corrected chi connectivity index (χ4v) is 7.64. The van der Waals surface area contributed by atoms with E-state index in [9.17, 15) is 25.2 Å². The minimum atomic E-state index is -0.599. The smallest absolute Gasteiger partial charge is 0.309 e. The number of aliphatic hydroxyl groups is 4. The first-order valence-electron chi connectivity index (χ1n) is 19.0. The Balaban J connectivity index is 1.12. The first kappa shape index (κ1) is 38.7. The Labute approximate surface area is 274 Å². The Morgan fingerprint density at radius 1 is 0.622 bits per heavy atom. The molecule has 45 heavy (non-hydrogen) atoms. The van der Waals surface area contributed by atoms with Gasteiger partial charge in [0, 0.05) is 0 Å². The Morgan fingerprint density at radius 3 is 1.60 bits per heavy atom. The number of cyclic esters (lactones) is 1. The van der Waals surface area contributed by atoms with E-state index in [4.69, 9.17) is 14.2 Å². The number of carbonyl (C=O) groups excluding carboxylic acids is 1. The van der Waals surface area contributed by atoms with Gasteiger partial charge in [-0.05, 0) is 84.0 Å². The molecule has 8 nitrogen and oxygen atoms in total. The summed E-state index contributed by atoms with van der Waals surface area (Å²) in [6.45, 7) is 4.03. The molecule has 0 bridgehead atoms. The average Bonchev–Trinajstić information content (AvgIpc) is 3.77. The van der Waals surface area contributed by atoms with E-state index < -0.39 is 18.3 Å². The van der Waals surface area contributed by atoms with E-state index in [1.165, 1.54) is 51.4 Å². The molecule has 3 aliphatic heterocycles. The van der Waals surface area contributed by atoms with Crippen LogP contribution in [0.4, 0.5) is 0 Å². The van der Waals surface area contributed by atoms with E-state index >= 15 is 0 Å². The van der Waals surface area contributed by atoms with Gasteiger partial charge in [-0.3, -0.25) is 4.79 Å². The van der Waals surface area contributed by atoms with Gasteiger partial charge in [0.1, 0.15) is 0 Å². The lowest BCUT2D eigenvalue weighted by Gasteiger charge is -2.24. The number of aliphatic hydroxyl groups excluding tert-OH is 4. The van der Waals surface area contributed by atoms with Crippen molar-refractivity contribution in [1.82, 2.24) is 0 Å². The molecule has 3 aliphatic rings. The van der Waals surface area contributed by atoms with Crippen LogP contribution in [0.2, 0.25) is 0 Å². The highest BCUT2D eigenvalue weighted by Crippen LogP contribution is 2.35. The molecule has 0 aromatic carbocycles. The lowest BCUT2D eigenvalue weighted by Crippen LogP contribution is -2.33. The molecule has 0 aromatic rings. The Hall–Kier alpha value is -0.770. The van der Waals surface area contributed by atoms with Crippen LogP contribution in [-0.4, -0.2) is 81.3 Å². The lowest BCUT2D eigenvalue weighted by atomic mass is 9.97. The Bertz CT molecular complexity index is 780. The SMILES string of the molecule is CCCC(O)CCC(O)CCC(O)C1CCC(C2CCC(C(O)CCCCCCCCCCCCCC3CC(C)OC3=O)O2)O1. The zero-order valence-electron chi connectivity index (χ0n) is 28.7. The Morgan fingerprint density at radius 2 is 1.09 bits per heavy atom. The number of ether oxygens (including phenoxy) is 3. The number of hydrogen-bond acceptors (Lipinski definition) is 8. The number of hydrogen-bond donors (Lipinski definition) is 4. The summed E-state index contributed by atoms with van der Waals surface area (Å²) in [5, 5.41) is 41.5. The summed E-state index contributed by atoms with van der Waals surface area (Å²) < 4.78 is 17.7. The molecule has 0 aromatic heterocycles. The standard InChI is InChI=1S/C37H68O8/c1-3-15-29(38)18-19-30(39)20-21-32(41)34-23-25-36(45-34)35-24-22-33(44-35)31(40)17-14-12-10-8-6-4-5-7-9-11-13-16-28-26-27(2)43-37(28)42/h27-36,38-41H,3-26H2,1-2H3. The fourth-order valence-electron chi connectivity index (χ4n) is 7.64. The molecule has 0 radical (unpaired) electrons. The summed E-state index contributed by atoms with van der Waals surface area (Å²) in [5.74, 6) is 0.158. The third-order valence-corrected chi connectivity index (χ3v) is 10.5. The normalized spacial score (nSPS) is 29.6. The van der Waals surface area contributed by atoms with Gasteiger partial charge in [0.25, 0.3) is 0 Å². The number of carbonyl (C=O) groups is 1. The molecule has 0 aliphatic carbocycles. The van der Waals surface area contributed by atoms with Gasteiger partial charge in [-0.25, -0.2) is 0 Å². The zero-order chi connectivity index (χ0) is 32.4. The molecule has 3 rings (SSSR count). The highest BCUT2D eigenvalue weighted by molar-refractivity contribution is 5.74. The molecular weight excluding hydrogens is 572 g/mol. The third-order valence-electron chi connectivity index (χ3n) is 10.5. The number of esters is 1. The van der Waals surface area contributed by atoms with E-state index in [2.05, 4.69) is 0 Å². The van der Waals surface area contributed by atoms with Crippen LogP contribution in [-0.2, 0) is 19.0 Å². The zero-order valence-corrected chi connectivity index (χ0v) is 28.7. The summed E-state index contributed by atoms with van der Waals surface area (Å²) >= 11 is 0. The van der Waals surface area contributed by atoms with Crippen molar-refractivity contribution in [2.24, 2.45) is 5.92 Å². The van der Waals surface area contributed by atoms with Crippen LogP contribution in [0.3, 0.4) is 0 Å². The van der Waals surface area contributed by atoms with Crippen molar-refractivity contribution in [2.75, 3.05) is 0 Å². The maximum atomic E-state index is 11.7. The Kier molecular flexibility index (Phi) is 18.9. The molecule has 10 unspecified atom stereocenters. The highest BCUT2D eigenvalue weighted by Gasteiger charge is 2.40. The van der Waals surface area contributed by atoms with E-state index in [1.54, 1.807) is 0 Å². The summed E-state index contributed by atoms with van der Waals surface area (Å²) in [6.07, 6.45) is 21.4. The second-order valence-corrected chi connectivity index (χ2v) is 14.6. The van der Waals surface area contributed by atoms with Crippen LogP contribution in [0.1, 0.15) is 168 Å². The van der Waals surface area contributed by atoms with Crippen molar-refractivity contribution in [3.8, 4) is 0 Å². The van der Waals surface area contributed by atoms with E-state index in [1.807, 2.05) is 13.8 Å². The van der Waals surface area contributed by atoms with Gasteiger partial charge in [-0.2, -0.15) is 0 Å². The van der Waals surface area contributed by atoms with Crippen molar-refractivity contribution in [2.45, 2.75) is 223 Å².